The normalized spacial score (nSPS) is 11.6. The molecule has 4 rings (SSSR count). The van der Waals surface area contributed by atoms with Gasteiger partial charge in [-0.3, -0.25) is 10.9 Å². The molecule has 1 aromatic heterocycles. The topological polar surface area (TPSA) is 78.8 Å². The maximum absolute atomic E-state index is 15.5. The molecule has 36 heavy (non-hydrogen) atoms. The van der Waals surface area contributed by atoms with Crippen LogP contribution in [0.25, 0.3) is 16.7 Å². The zero-order valence-electron chi connectivity index (χ0n) is 19.1. The molecule has 5 nitrogen and oxygen atoms in total. The van der Waals surface area contributed by atoms with Gasteiger partial charge < -0.3 is 10.7 Å². The first-order valence-corrected chi connectivity index (χ1v) is 11.4. The van der Waals surface area contributed by atoms with Gasteiger partial charge in [-0.05, 0) is 36.8 Å². The Morgan fingerprint density at radius 3 is 2.47 bits per heavy atom. The summed E-state index contributed by atoms with van der Waals surface area (Å²) >= 11 is 5.96. The van der Waals surface area contributed by atoms with Gasteiger partial charge in [0.05, 0.1) is 27.6 Å². The van der Waals surface area contributed by atoms with E-state index >= 15 is 8.78 Å². The Labute approximate surface area is 210 Å². The molecule has 0 aliphatic heterocycles. The van der Waals surface area contributed by atoms with Gasteiger partial charge in [-0.1, -0.05) is 43.2 Å². The van der Waals surface area contributed by atoms with Crippen LogP contribution in [0.15, 0.2) is 60.9 Å². The molecule has 0 atom stereocenters. The summed E-state index contributed by atoms with van der Waals surface area (Å²) in [4.78, 5) is 7.20. The van der Waals surface area contributed by atoms with E-state index in [0.29, 0.717) is 23.4 Å². The molecule has 5 N–H and O–H groups in total. The van der Waals surface area contributed by atoms with E-state index in [4.69, 9.17) is 17.3 Å². The summed E-state index contributed by atoms with van der Waals surface area (Å²) < 4.78 is 58.9. The van der Waals surface area contributed by atoms with Crippen molar-refractivity contribution in [2.75, 3.05) is 16.6 Å². The fraction of sp³-hybridized carbons (Fsp3) is 0.115. The molecule has 0 saturated carbocycles. The molecule has 0 spiro atoms. The van der Waals surface area contributed by atoms with Gasteiger partial charge in [-0.15, -0.1) is 0 Å². The fourth-order valence-electron chi connectivity index (χ4n) is 3.68. The number of nitrogens with one attached hydrogen (secondary N) is 3. The Kier molecular flexibility index (Phi) is 7.49. The van der Waals surface area contributed by atoms with E-state index in [2.05, 4.69) is 20.8 Å². The van der Waals surface area contributed by atoms with Gasteiger partial charge in [0.1, 0.15) is 17.5 Å². The number of hydrogen-bond acceptors (Lipinski definition) is 4. The molecule has 0 fully saturated rings. The molecule has 10 heteroatoms. The number of allylic oxidation sites excluding steroid dienone is 1. The number of hydrazine groups is 1. The van der Waals surface area contributed by atoms with Crippen molar-refractivity contribution in [3.63, 3.8) is 0 Å². The molecular formula is C26H22ClF4N5. The quantitative estimate of drug-likeness (QED) is 0.111. The average Bonchev–Trinajstić information content (AvgIpc) is 3.38. The van der Waals surface area contributed by atoms with Crippen LogP contribution in [-0.2, 0) is 0 Å². The third kappa shape index (κ3) is 5.01. The minimum Gasteiger partial charge on any atom is -0.396 e. The maximum atomic E-state index is 15.5. The van der Waals surface area contributed by atoms with Crippen LogP contribution in [0.4, 0.5) is 34.6 Å². The molecule has 0 amide bonds. The second-order valence-corrected chi connectivity index (χ2v) is 8.30. The minimum atomic E-state index is -1.06. The molecule has 0 radical (unpaired) electrons. The molecule has 0 bridgehead atoms. The van der Waals surface area contributed by atoms with Gasteiger partial charge in [-0.2, -0.15) is 0 Å². The van der Waals surface area contributed by atoms with E-state index in [1.807, 2.05) is 13.0 Å². The molecular weight excluding hydrogens is 494 g/mol. The zero-order chi connectivity index (χ0) is 25.8. The zero-order valence-corrected chi connectivity index (χ0v) is 19.9. The van der Waals surface area contributed by atoms with E-state index in [-0.39, 0.29) is 27.6 Å². The number of nitrogen functional groups attached to an aromatic ring is 1. The van der Waals surface area contributed by atoms with Crippen LogP contribution in [0.5, 0.6) is 0 Å². The highest BCUT2D eigenvalue weighted by molar-refractivity contribution is 6.33. The SMILES string of the molecule is CCC/C=C(/c1ncc[nH]1)c1ccc(-c2c(F)ccc(NNc3ccc(F)cc3Cl)c2F)c(F)c1N. The van der Waals surface area contributed by atoms with E-state index in [1.54, 1.807) is 12.4 Å². The highest BCUT2D eigenvalue weighted by Gasteiger charge is 2.23. The highest BCUT2D eigenvalue weighted by atomic mass is 35.5. The van der Waals surface area contributed by atoms with Gasteiger partial charge in [0.15, 0.2) is 11.6 Å². The second-order valence-electron chi connectivity index (χ2n) is 7.89. The third-order valence-corrected chi connectivity index (χ3v) is 5.80. The van der Waals surface area contributed by atoms with Crippen molar-refractivity contribution in [3.05, 3.63) is 101 Å². The molecule has 3 aromatic carbocycles. The Hall–Kier alpha value is -3.98. The van der Waals surface area contributed by atoms with Crippen LogP contribution in [0.3, 0.4) is 0 Å². The average molecular weight is 516 g/mol. The summed E-state index contributed by atoms with van der Waals surface area (Å²) in [5.41, 5.74) is 11.1. The monoisotopic (exact) mass is 515 g/mol. The number of H-pyrrole nitrogens is 1. The Bertz CT molecular complexity index is 1420. The van der Waals surface area contributed by atoms with Crippen LogP contribution in [0.2, 0.25) is 5.02 Å². The molecule has 0 aliphatic rings. The Morgan fingerprint density at radius 2 is 1.78 bits per heavy atom. The number of imidazole rings is 1. The number of benzene rings is 3. The van der Waals surface area contributed by atoms with Crippen LogP contribution >= 0.6 is 11.6 Å². The lowest BCUT2D eigenvalue weighted by molar-refractivity contribution is 0.584. The maximum Gasteiger partial charge on any atom is 0.158 e. The summed E-state index contributed by atoms with van der Waals surface area (Å²) in [6.07, 6.45) is 6.61. The lowest BCUT2D eigenvalue weighted by atomic mass is 9.95. The predicted molar refractivity (Wildman–Crippen MR) is 135 cm³/mol. The van der Waals surface area contributed by atoms with Crippen LogP contribution in [0.1, 0.15) is 31.2 Å². The van der Waals surface area contributed by atoms with Crippen molar-refractivity contribution >= 4 is 34.2 Å². The number of unbranched alkanes of at least 4 members (excludes halogenated alkanes) is 1. The smallest absolute Gasteiger partial charge is 0.158 e. The lowest BCUT2D eigenvalue weighted by Crippen LogP contribution is -2.12. The van der Waals surface area contributed by atoms with Crippen molar-refractivity contribution in [1.29, 1.82) is 0 Å². The summed E-state index contributed by atoms with van der Waals surface area (Å²) in [5.74, 6) is -3.05. The lowest BCUT2D eigenvalue weighted by Gasteiger charge is -2.16. The van der Waals surface area contributed by atoms with Crippen LogP contribution in [0, 0.1) is 23.3 Å². The molecule has 4 aromatic rings. The summed E-state index contributed by atoms with van der Waals surface area (Å²) in [5, 5.41) is 0.0446. The van der Waals surface area contributed by atoms with Crippen LogP contribution in [-0.4, -0.2) is 9.97 Å². The van der Waals surface area contributed by atoms with Gasteiger partial charge in [-0.25, -0.2) is 22.5 Å². The van der Waals surface area contributed by atoms with Crippen molar-refractivity contribution in [1.82, 2.24) is 9.97 Å². The van der Waals surface area contributed by atoms with Crippen molar-refractivity contribution in [2.45, 2.75) is 19.8 Å². The fourth-order valence-corrected chi connectivity index (χ4v) is 3.89. The molecule has 0 saturated heterocycles. The first-order chi connectivity index (χ1) is 17.3. The van der Waals surface area contributed by atoms with Gasteiger partial charge in [0, 0.05) is 29.1 Å². The first kappa shape index (κ1) is 25.1. The standard InChI is InChI=1S/C26H22ClF4N5/c1-2-3-4-16(26-33-11-12-34-26)15-6-7-17(23(30)25(15)32)22-19(29)8-10-21(24(22)31)36-35-20-9-5-14(28)13-18(20)27/h4-13,35-36H,2-3,32H2,1H3,(H,33,34)/b16-4+. The predicted octanol–water partition coefficient (Wildman–Crippen LogP) is 7.54. The van der Waals surface area contributed by atoms with Gasteiger partial charge >= 0.3 is 0 Å². The van der Waals surface area contributed by atoms with E-state index in [9.17, 15) is 8.78 Å². The number of nitrogens with zero attached hydrogens (tertiary/aromatic N) is 1. The number of halogens is 5. The van der Waals surface area contributed by atoms with Crippen molar-refractivity contribution in [2.24, 2.45) is 0 Å². The van der Waals surface area contributed by atoms with E-state index in [0.717, 1.165) is 30.7 Å². The van der Waals surface area contributed by atoms with Gasteiger partial charge in [0.2, 0.25) is 0 Å². The number of anilines is 3. The third-order valence-electron chi connectivity index (χ3n) is 5.48. The van der Waals surface area contributed by atoms with Crippen molar-refractivity contribution < 1.29 is 17.6 Å². The number of aromatic nitrogens is 2. The Morgan fingerprint density at radius 1 is 1.03 bits per heavy atom. The van der Waals surface area contributed by atoms with E-state index in [1.165, 1.54) is 18.2 Å². The van der Waals surface area contributed by atoms with Crippen LogP contribution < -0.4 is 16.6 Å². The first-order valence-electron chi connectivity index (χ1n) is 11.1. The molecule has 1 heterocycles. The number of hydrogen-bond donors (Lipinski definition) is 4. The minimum absolute atomic E-state index is 0.0446. The molecule has 0 unspecified atom stereocenters. The number of nitrogens with two attached hydrogens (primary N) is 1. The largest absolute Gasteiger partial charge is 0.396 e. The second kappa shape index (κ2) is 10.7. The summed E-state index contributed by atoms with van der Waals surface area (Å²) in [7, 11) is 0. The van der Waals surface area contributed by atoms with E-state index < -0.39 is 28.8 Å². The number of rotatable bonds is 8. The highest BCUT2D eigenvalue weighted by Crippen LogP contribution is 2.38. The van der Waals surface area contributed by atoms with Crippen molar-refractivity contribution in [3.8, 4) is 11.1 Å². The number of aromatic amines is 1. The summed E-state index contributed by atoms with van der Waals surface area (Å²) in [6.45, 7) is 1.99. The van der Waals surface area contributed by atoms with Gasteiger partial charge in [0.25, 0.3) is 0 Å². The Balaban J connectivity index is 1.72. The summed E-state index contributed by atoms with van der Waals surface area (Å²) in [6, 6.07) is 8.49. The molecule has 186 valence electrons. The molecule has 0 aliphatic carbocycles.